The Morgan fingerprint density at radius 3 is 2.46 bits per heavy atom. The molecule has 5 aromatic rings. The Morgan fingerprint density at radius 2 is 1.78 bits per heavy atom. The highest BCUT2D eigenvalue weighted by molar-refractivity contribution is 6.34. The second-order valence-electron chi connectivity index (χ2n) is 16.3. The number of carbonyl (C=O) groups is 4. The van der Waals surface area contributed by atoms with E-state index in [2.05, 4.69) is 25.7 Å². The van der Waals surface area contributed by atoms with Crippen LogP contribution >= 0.6 is 11.6 Å². The van der Waals surface area contributed by atoms with Crippen LogP contribution in [0.3, 0.4) is 0 Å². The number of primary amides is 1. The summed E-state index contributed by atoms with van der Waals surface area (Å²) in [6.45, 7) is 2.46. The van der Waals surface area contributed by atoms with Crippen molar-refractivity contribution in [3.63, 3.8) is 0 Å². The molecule has 2 fully saturated rings. The lowest BCUT2D eigenvalue weighted by Gasteiger charge is -2.51. The highest BCUT2D eigenvalue weighted by Gasteiger charge is 2.57. The first-order valence-corrected chi connectivity index (χ1v) is 21.1. The average molecular weight is 886 g/mol. The maximum absolute atomic E-state index is 16.2. The minimum atomic E-state index is -3.08. The van der Waals surface area contributed by atoms with Crippen LogP contribution in [0.25, 0.3) is 16.9 Å². The second kappa shape index (κ2) is 17.1. The molecule has 2 aromatic carbocycles. The molecule has 0 saturated carbocycles. The number of pyridine rings is 1. The Kier molecular flexibility index (Phi) is 11.8. The maximum Gasteiger partial charge on any atom is 0.321 e. The minimum absolute atomic E-state index is 0.0521. The summed E-state index contributed by atoms with van der Waals surface area (Å²) in [6.07, 6.45) is 4.63. The predicted molar refractivity (Wildman–Crippen MR) is 232 cm³/mol. The first kappa shape index (κ1) is 43.4. The predicted octanol–water partition coefficient (Wildman–Crippen LogP) is 6.23. The van der Waals surface area contributed by atoms with Crippen LogP contribution in [-0.4, -0.2) is 113 Å². The molecule has 63 heavy (non-hydrogen) atoms. The molecule has 1 spiro atoms. The smallest absolute Gasteiger partial charge is 0.321 e. The van der Waals surface area contributed by atoms with E-state index in [1.165, 1.54) is 41.0 Å². The van der Waals surface area contributed by atoms with E-state index in [9.17, 15) is 19.2 Å². The third-order valence-electron chi connectivity index (χ3n) is 12.7. The normalized spacial score (nSPS) is 16.9. The number of nitrogens with one attached hydrogen (secondary N) is 2. The summed E-state index contributed by atoms with van der Waals surface area (Å²) in [5.74, 6) is -4.14. The molecule has 3 aromatic heterocycles. The number of aryl methyl sites for hydroxylation is 1. The molecular formula is C44H47ClF3N11O4. The van der Waals surface area contributed by atoms with Crippen molar-refractivity contribution in [2.24, 2.45) is 11.1 Å². The Morgan fingerprint density at radius 1 is 1.02 bits per heavy atom. The average Bonchev–Trinajstić information content (AvgIpc) is 3.91. The summed E-state index contributed by atoms with van der Waals surface area (Å²) in [6, 6.07) is 11.3. The summed E-state index contributed by atoms with van der Waals surface area (Å²) >= 11 is 6.57. The SMILES string of the molecule is CNC(=O)N(CCC=O)c1cc(C(=O)N2CCC3(CCN(Cc4cnc(-c5cccc6c5CCN6c5cc(NC)c6ncc(C(N)=O)n6n5)c(F)c4)CC3(F)F)CC2)cc(C)c1Cl. The number of imidazole rings is 1. The van der Waals surface area contributed by atoms with Crippen LogP contribution in [0.5, 0.6) is 0 Å². The Labute approximate surface area is 366 Å². The fourth-order valence-corrected chi connectivity index (χ4v) is 9.44. The number of urea groups is 1. The lowest BCUT2D eigenvalue weighted by molar-refractivity contribution is -0.186. The number of carbonyl (C=O) groups excluding carboxylic acids is 4. The lowest BCUT2D eigenvalue weighted by Crippen LogP contribution is -2.59. The zero-order valence-electron chi connectivity index (χ0n) is 35.1. The van der Waals surface area contributed by atoms with E-state index < -0.39 is 35.6 Å². The van der Waals surface area contributed by atoms with Gasteiger partial charge in [0.05, 0.1) is 29.1 Å². The number of alkyl halides is 2. The highest BCUT2D eigenvalue weighted by Crippen LogP contribution is 2.51. The van der Waals surface area contributed by atoms with Crippen LogP contribution in [-0.2, 0) is 17.8 Å². The van der Waals surface area contributed by atoms with Crippen molar-refractivity contribution in [1.29, 1.82) is 0 Å². The molecule has 3 aliphatic rings. The van der Waals surface area contributed by atoms with Crippen LogP contribution < -0.4 is 26.2 Å². The van der Waals surface area contributed by atoms with Crippen LogP contribution in [0.15, 0.2) is 54.9 Å². The lowest BCUT2D eigenvalue weighted by atomic mass is 9.68. The van der Waals surface area contributed by atoms with Gasteiger partial charge in [0.2, 0.25) is 0 Å². The molecule has 15 nitrogen and oxygen atoms in total. The van der Waals surface area contributed by atoms with Gasteiger partial charge in [0.1, 0.15) is 23.5 Å². The number of halogens is 4. The van der Waals surface area contributed by atoms with E-state index in [0.29, 0.717) is 59.6 Å². The van der Waals surface area contributed by atoms with Crippen LogP contribution in [0.4, 0.5) is 40.8 Å². The standard InChI is InChI=1S/C44H47ClF3N11O4/c1-26-18-28(20-34(37(26)45)58(12-5-17-60)42(63)51-3)41(62)56-15-10-43(11-16-56)9-14-55(25-44(43,47)48)24-27-19-31(46)38(52-22-27)30-6-4-7-33-29(30)8-13-57(33)36-21-32(50-2)40-53-23-35(39(49)61)59(40)54-36/h4,6-7,17-23,50H,5,8-16,24-25H2,1-3H3,(H2,49,61)(H,51,63). The van der Waals surface area contributed by atoms with Gasteiger partial charge in [-0.15, -0.1) is 5.10 Å². The molecule has 4 N–H and O–H groups in total. The van der Waals surface area contributed by atoms with E-state index in [-0.39, 0.29) is 85.4 Å². The molecule has 0 unspecified atom stereocenters. The van der Waals surface area contributed by atoms with Gasteiger partial charge in [-0.2, -0.15) is 0 Å². The number of amides is 4. The van der Waals surface area contributed by atoms with Gasteiger partial charge < -0.3 is 31.0 Å². The molecule has 19 heteroatoms. The van der Waals surface area contributed by atoms with Gasteiger partial charge in [0.25, 0.3) is 17.7 Å². The maximum atomic E-state index is 16.2. The van der Waals surface area contributed by atoms with Crippen molar-refractivity contribution in [2.75, 3.05) is 68.5 Å². The van der Waals surface area contributed by atoms with Gasteiger partial charge >= 0.3 is 6.03 Å². The summed E-state index contributed by atoms with van der Waals surface area (Å²) in [7, 11) is 3.19. The Bertz CT molecular complexity index is 2630. The highest BCUT2D eigenvalue weighted by atomic mass is 35.5. The van der Waals surface area contributed by atoms with Gasteiger partial charge in [-0.1, -0.05) is 23.7 Å². The number of anilines is 4. The number of benzene rings is 2. The van der Waals surface area contributed by atoms with Gasteiger partial charge in [-0.05, 0) is 80.1 Å². The third kappa shape index (κ3) is 7.90. The van der Waals surface area contributed by atoms with E-state index in [0.717, 1.165) is 11.3 Å². The van der Waals surface area contributed by atoms with Crippen molar-refractivity contribution in [2.45, 2.75) is 51.5 Å². The van der Waals surface area contributed by atoms with Crippen LogP contribution in [0.2, 0.25) is 5.02 Å². The number of nitrogens with two attached hydrogens (primary N) is 1. The summed E-state index contributed by atoms with van der Waals surface area (Å²) in [4.78, 5) is 64.9. The number of likely N-dealkylation sites (tertiary alicyclic amines) is 2. The minimum Gasteiger partial charge on any atom is -0.385 e. The number of fused-ring (bicyclic) bond motifs is 2. The van der Waals surface area contributed by atoms with Gasteiger partial charge in [0, 0.05) is 87.7 Å². The third-order valence-corrected chi connectivity index (χ3v) is 13.1. The first-order chi connectivity index (χ1) is 30.2. The molecule has 0 aliphatic carbocycles. The molecule has 6 heterocycles. The van der Waals surface area contributed by atoms with Gasteiger partial charge in [0.15, 0.2) is 11.5 Å². The largest absolute Gasteiger partial charge is 0.385 e. The summed E-state index contributed by atoms with van der Waals surface area (Å²) in [5.41, 5.74) is 9.49. The number of aromatic nitrogens is 4. The fraction of sp³-hybridized carbons (Fsp3) is 0.386. The number of aldehydes is 1. The summed E-state index contributed by atoms with van der Waals surface area (Å²) < 4.78 is 49.9. The number of hydrogen-bond acceptors (Lipinski definition) is 10. The molecule has 8 rings (SSSR count). The topological polar surface area (TPSA) is 174 Å². The molecular weight excluding hydrogens is 839 g/mol. The van der Waals surface area contributed by atoms with Gasteiger partial charge in [-0.25, -0.2) is 27.5 Å². The summed E-state index contributed by atoms with van der Waals surface area (Å²) in [5, 5.41) is 10.6. The van der Waals surface area contributed by atoms with E-state index in [1.807, 2.05) is 23.1 Å². The van der Waals surface area contributed by atoms with E-state index >= 15 is 13.2 Å². The second-order valence-corrected chi connectivity index (χ2v) is 16.7. The molecule has 3 aliphatic heterocycles. The van der Waals surface area contributed by atoms with Gasteiger partial charge in [-0.3, -0.25) is 24.4 Å². The van der Waals surface area contributed by atoms with E-state index in [1.54, 1.807) is 35.9 Å². The number of rotatable bonds is 11. The molecule has 0 bridgehead atoms. The first-order valence-electron chi connectivity index (χ1n) is 20.7. The van der Waals surface area contributed by atoms with Crippen molar-refractivity contribution in [3.8, 4) is 11.3 Å². The number of hydrogen-bond donors (Lipinski definition) is 3. The molecule has 4 amide bonds. The quantitative estimate of drug-likeness (QED) is 0.129. The molecule has 0 radical (unpaired) electrons. The van der Waals surface area contributed by atoms with E-state index in [4.69, 9.17) is 17.3 Å². The van der Waals surface area contributed by atoms with Crippen molar-refractivity contribution < 1.29 is 32.3 Å². The van der Waals surface area contributed by atoms with Crippen LogP contribution in [0, 0.1) is 18.2 Å². The van der Waals surface area contributed by atoms with Crippen LogP contribution in [0.1, 0.15) is 63.2 Å². The van der Waals surface area contributed by atoms with Crippen molar-refractivity contribution >= 4 is 64.3 Å². The molecule has 0 atom stereocenters. The fourth-order valence-electron chi connectivity index (χ4n) is 9.23. The Hall–Kier alpha value is -6.27. The number of piperidine rings is 2. The zero-order chi connectivity index (χ0) is 44.8. The van der Waals surface area contributed by atoms with Crippen molar-refractivity contribution in [1.82, 2.24) is 34.7 Å². The Balaban J connectivity index is 0.932. The zero-order valence-corrected chi connectivity index (χ0v) is 35.8. The van der Waals surface area contributed by atoms with Crippen molar-refractivity contribution in [3.05, 3.63) is 93.6 Å². The molecule has 2 saturated heterocycles. The molecule has 330 valence electrons. The number of nitrogens with zero attached hydrogens (tertiary/aromatic N) is 8. The monoisotopic (exact) mass is 885 g/mol.